The van der Waals surface area contributed by atoms with E-state index in [0.29, 0.717) is 11.6 Å². The highest BCUT2D eigenvalue weighted by molar-refractivity contribution is 5.41. The molecule has 0 aliphatic carbocycles. The van der Waals surface area contributed by atoms with Crippen LogP contribution in [0.2, 0.25) is 0 Å². The lowest BCUT2D eigenvalue weighted by atomic mass is 10.3. The first-order valence-electron chi connectivity index (χ1n) is 5.43. The minimum atomic E-state index is -0.990. The Morgan fingerprint density at radius 2 is 2.15 bits per heavy atom. The summed E-state index contributed by atoms with van der Waals surface area (Å²) in [6, 6.07) is 4.60. The number of halogens is 1. The Balaban J connectivity index is 2.28. The Labute approximate surface area is 112 Å². The molecule has 0 saturated heterocycles. The van der Waals surface area contributed by atoms with E-state index in [9.17, 15) is 14.5 Å². The van der Waals surface area contributed by atoms with Crippen molar-refractivity contribution in [1.82, 2.24) is 9.97 Å². The average molecular weight is 279 g/mol. The van der Waals surface area contributed by atoms with E-state index in [4.69, 9.17) is 10.6 Å². The van der Waals surface area contributed by atoms with Crippen LogP contribution in [-0.4, -0.2) is 14.9 Å². The predicted molar refractivity (Wildman–Crippen MR) is 67.7 cm³/mol. The fourth-order valence-corrected chi connectivity index (χ4v) is 1.49. The third-order valence-corrected chi connectivity index (χ3v) is 2.30. The lowest BCUT2D eigenvalue weighted by molar-refractivity contribution is -0.387. The minimum absolute atomic E-state index is 0.0779. The maximum absolute atomic E-state index is 13.4. The molecule has 0 aliphatic heterocycles. The lowest BCUT2D eigenvalue weighted by Gasteiger charge is -2.07. The van der Waals surface area contributed by atoms with E-state index in [0.717, 1.165) is 12.1 Å². The van der Waals surface area contributed by atoms with Gasteiger partial charge in [0.25, 0.3) is 0 Å². The molecular weight excluding hydrogens is 269 g/mol. The van der Waals surface area contributed by atoms with Crippen molar-refractivity contribution in [2.45, 2.75) is 6.92 Å². The number of nitro benzene ring substituents is 1. The van der Waals surface area contributed by atoms with Crippen LogP contribution >= 0.6 is 0 Å². The van der Waals surface area contributed by atoms with Crippen LogP contribution in [0.5, 0.6) is 11.6 Å². The standard InChI is InChI=1S/C11H10FN5O3/c1-6-14-10(16-13)5-11(15-6)20-7-2-3-9(17(18)19)8(12)4-7/h2-5H,13H2,1H3,(H,14,15,16). The number of ether oxygens (including phenoxy) is 1. The molecule has 0 radical (unpaired) electrons. The summed E-state index contributed by atoms with van der Waals surface area (Å²) >= 11 is 0. The highest BCUT2D eigenvalue weighted by atomic mass is 19.1. The van der Waals surface area contributed by atoms with E-state index in [1.54, 1.807) is 6.92 Å². The molecule has 1 heterocycles. The summed E-state index contributed by atoms with van der Waals surface area (Å²) in [4.78, 5) is 17.6. The molecule has 3 N–H and O–H groups in total. The molecule has 0 amide bonds. The summed E-state index contributed by atoms with van der Waals surface area (Å²) in [5, 5.41) is 10.5. The van der Waals surface area contributed by atoms with E-state index in [1.807, 2.05) is 0 Å². The number of hydrogen-bond donors (Lipinski definition) is 2. The first-order chi connectivity index (χ1) is 9.49. The molecule has 0 atom stereocenters. The zero-order chi connectivity index (χ0) is 14.7. The molecule has 0 spiro atoms. The molecule has 0 unspecified atom stereocenters. The molecule has 0 bridgehead atoms. The molecule has 2 rings (SSSR count). The number of aryl methyl sites for hydroxylation is 1. The van der Waals surface area contributed by atoms with Gasteiger partial charge in [0, 0.05) is 18.2 Å². The molecule has 20 heavy (non-hydrogen) atoms. The molecule has 9 heteroatoms. The van der Waals surface area contributed by atoms with Crippen LogP contribution in [0.3, 0.4) is 0 Å². The smallest absolute Gasteiger partial charge is 0.305 e. The second-order valence-electron chi connectivity index (χ2n) is 3.76. The summed E-state index contributed by atoms with van der Waals surface area (Å²) in [6.45, 7) is 1.63. The summed E-state index contributed by atoms with van der Waals surface area (Å²) in [6.07, 6.45) is 0. The maximum Gasteiger partial charge on any atom is 0.305 e. The summed E-state index contributed by atoms with van der Waals surface area (Å²) in [7, 11) is 0. The van der Waals surface area contributed by atoms with Crippen LogP contribution in [0.25, 0.3) is 0 Å². The van der Waals surface area contributed by atoms with Crippen LogP contribution in [0.15, 0.2) is 24.3 Å². The van der Waals surface area contributed by atoms with Gasteiger partial charge in [-0.25, -0.2) is 10.8 Å². The van der Waals surface area contributed by atoms with E-state index < -0.39 is 16.4 Å². The molecular formula is C11H10FN5O3. The molecule has 0 aliphatic rings. The van der Waals surface area contributed by atoms with E-state index in [-0.39, 0.29) is 11.6 Å². The monoisotopic (exact) mass is 279 g/mol. The number of benzene rings is 1. The van der Waals surface area contributed by atoms with Crippen molar-refractivity contribution in [3.05, 3.63) is 46.0 Å². The maximum atomic E-state index is 13.4. The molecule has 104 valence electrons. The van der Waals surface area contributed by atoms with Crippen LogP contribution in [0, 0.1) is 22.9 Å². The van der Waals surface area contributed by atoms with Crippen LogP contribution in [0.4, 0.5) is 15.9 Å². The third kappa shape index (κ3) is 2.95. The number of nitrogen functional groups attached to an aromatic ring is 1. The highest BCUT2D eigenvalue weighted by Gasteiger charge is 2.15. The SMILES string of the molecule is Cc1nc(NN)cc(Oc2ccc([N+](=O)[O-])c(F)c2)n1. The number of nitro groups is 1. The van der Waals surface area contributed by atoms with Crippen molar-refractivity contribution >= 4 is 11.5 Å². The number of rotatable bonds is 4. The molecule has 0 saturated carbocycles. The number of hydrogen-bond acceptors (Lipinski definition) is 7. The van der Waals surface area contributed by atoms with Crippen molar-refractivity contribution in [3.8, 4) is 11.6 Å². The van der Waals surface area contributed by atoms with Gasteiger partial charge in [0.15, 0.2) is 0 Å². The number of nitrogens with two attached hydrogens (primary N) is 1. The second kappa shape index (κ2) is 5.45. The fourth-order valence-electron chi connectivity index (χ4n) is 1.49. The number of aromatic nitrogens is 2. The van der Waals surface area contributed by atoms with Gasteiger partial charge in [0.1, 0.15) is 17.4 Å². The molecule has 2 aromatic rings. The molecule has 8 nitrogen and oxygen atoms in total. The Morgan fingerprint density at radius 1 is 1.40 bits per heavy atom. The van der Waals surface area contributed by atoms with Crippen LogP contribution in [-0.2, 0) is 0 Å². The van der Waals surface area contributed by atoms with Crippen molar-refractivity contribution < 1.29 is 14.1 Å². The van der Waals surface area contributed by atoms with Crippen molar-refractivity contribution in [2.24, 2.45) is 5.84 Å². The van der Waals surface area contributed by atoms with Gasteiger partial charge in [-0.1, -0.05) is 0 Å². The Bertz CT molecular complexity index is 665. The highest BCUT2D eigenvalue weighted by Crippen LogP contribution is 2.26. The Morgan fingerprint density at radius 3 is 2.75 bits per heavy atom. The number of nitrogens with one attached hydrogen (secondary N) is 1. The van der Waals surface area contributed by atoms with Gasteiger partial charge in [-0.3, -0.25) is 10.1 Å². The van der Waals surface area contributed by atoms with Crippen molar-refractivity contribution in [2.75, 3.05) is 5.43 Å². The second-order valence-corrected chi connectivity index (χ2v) is 3.76. The first-order valence-corrected chi connectivity index (χ1v) is 5.43. The zero-order valence-electron chi connectivity index (χ0n) is 10.3. The van der Waals surface area contributed by atoms with E-state index in [2.05, 4.69) is 15.4 Å². The zero-order valence-corrected chi connectivity index (χ0v) is 10.3. The topological polar surface area (TPSA) is 116 Å². The van der Waals surface area contributed by atoms with E-state index in [1.165, 1.54) is 12.1 Å². The van der Waals surface area contributed by atoms with Crippen molar-refractivity contribution in [1.29, 1.82) is 0 Å². The molecule has 0 fully saturated rings. The largest absolute Gasteiger partial charge is 0.439 e. The lowest BCUT2D eigenvalue weighted by Crippen LogP contribution is -2.09. The number of hydrazine groups is 1. The molecule has 1 aromatic heterocycles. The fraction of sp³-hybridized carbons (Fsp3) is 0.0909. The van der Waals surface area contributed by atoms with Gasteiger partial charge in [0.2, 0.25) is 11.7 Å². The van der Waals surface area contributed by atoms with Gasteiger partial charge in [0.05, 0.1) is 4.92 Å². The van der Waals surface area contributed by atoms with Crippen LogP contribution < -0.4 is 16.0 Å². The quantitative estimate of drug-likeness (QED) is 0.498. The van der Waals surface area contributed by atoms with Crippen LogP contribution in [0.1, 0.15) is 5.82 Å². The van der Waals surface area contributed by atoms with Gasteiger partial charge in [-0.15, -0.1) is 0 Å². The van der Waals surface area contributed by atoms with Gasteiger partial charge < -0.3 is 10.2 Å². The summed E-state index contributed by atoms with van der Waals surface area (Å²) in [5.74, 6) is 5.18. The van der Waals surface area contributed by atoms with Gasteiger partial charge in [-0.05, 0) is 13.0 Å². The predicted octanol–water partition coefficient (Wildman–Crippen LogP) is 1.91. The normalized spacial score (nSPS) is 10.2. The first kappa shape index (κ1) is 13.6. The number of anilines is 1. The third-order valence-electron chi connectivity index (χ3n) is 2.30. The average Bonchev–Trinajstić information content (AvgIpc) is 2.37. The van der Waals surface area contributed by atoms with E-state index >= 15 is 0 Å². The van der Waals surface area contributed by atoms with Gasteiger partial charge >= 0.3 is 5.69 Å². The Hall–Kier alpha value is -2.81. The Kier molecular flexibility index (Phi) is 3.71. The number of nitrogens with zero attached hydrogens (tertiary/aromatic N) is 3. The summed E-state index contributed by atoms with van der Waals surface area (Å²) < 4.78 is 18.7. The summed E-state index contributed by atoms with van der Waals surface area (Å²) in [5.41, 5.74) is 1.71. The minimum Gasteiger partial charge on any atom is -0.439 e. The van der Waals surface area contributed by atoms with Crippen molar-refractivity contribution in [3.63, 3.8) is 0 Å². The van der Waals surface area contributed by atoms with Gasteiger partial charge in [-0.2, -0.15) is 9.37 Å². The molecule has 1 aromatic carbocycles.